The summed E-state index contributed by atoms with van der Waals surface area (Å²) in [6.07, 6.45) is -1.48. The Balaban J connectivity index is 3.08. The SMILES string of the molecule is O=C(O)[C@H](O)c1ccc(Br)cc1Br. The lowest BCUT2D eigenvalue weighted by molar-refractivity contribution is -0.147. The zero-order valence-corrected chi connectivity index (χ0v) is 9.54. The van der Waals surface area contributed by atoms with E-state index in [9.17, 15) is 9.90 Å². The van der Waals surface area contributed by atoms with Gasteiger partial charge in [-0.05, 0) is 12.1 Å². The van der Waals surface area contributed by atoms with Gasteiger partial charge in [-0.3, -0.25) is 0 Å². The van der Waals surface area contributed by atoms with Gasteiger partial charge in [-0.2, -0.15) is 0 Å². The van der Waals surface area contributed by atoms with Crippen molar-refractivity contribution in [3.63, 3.8) is 0 Å². The van der Waals surface area contributed by atoms with E-state index in [0.29, 0.717) is 10.0 Å². The number of aliphatic carboxylic acids is 1. The number of carbonyl (C=O) groups is 1. The van der Waals surface area contributed by atoms with Crippen molar-refractivity contribution >= 4 is 37.8 Å². The van der Waals surface area contributed by atoms with Crippen LogP contribution in [-0.4, -0.2) is 16.2 Å². The molecule has 1 aromatic carbocycles. The minimum absolute atomic E-state index is 0.343. The largest absolute Gasteiger partial charge is 0.479 e. The molecule has 0 heterocycles. The van der Waals surface area contributed by atoms with Crippen molar-refractivity contribution in [3.8, 4) is 0 Å². The first-order valence-corrected chi connectivity index (χ1v) is 4.97. The summed E-state index contributed by atoms with van der Waals surface area (Å²) < 4.78 is 1.39. The molecular formula is C8H6Br2O3. The highest BCUT2D eigenvalue weighted by atomic mass is 79.9. The second-order valence-corrected chi connectivity index (χ2v) is 4.18. The molecule has 1 aromatic rings. The van der Waals surface area contributed by atoms with Crippen molar-refractivity contribution in [3.05, 3.63) is 32.7 Å². The molecule has 0 saturated heterocycles. The molecular weight excluding hydrogens is 304 g/mol. The molecule has 70 valence electrons. The Morgan fingerprint density at radius 2 is 2.00 bits per heavy atom. The zero-order chi connectivity index (χ0) is 10.0. The molecule has 0 aliphatic carbocycles. The molecule has 0 unspecified atom stereocenters. The summed E-state index contributed by atoms with van der Waals surface area (Å²) in [6.45, 7) is 0. The standard InChI is InChI=1S/C8H6Br2O3/c9-4-1-2-5(6(10)3-4)7(11)8(12)13/h1-3,7,11H,(H,12,13)/t7-/m1/s1. The van der Waals surface area contributed by atoms with Crippen LogP contribution in [-0.2, 0) is 4.79 Å². The number of hydrogen-bond donors (Lipinski definition) is 2. The van der Waals surface area contributed by atoms with Crippen LogP contribution in [0.2, 0.25) is 0 Å². The Morgan fingerprint density at radius 3 is 2.46 bits per heavy atom. The van der Waals surface area contributed by atoms with Gasteiger partial charge in [-0.1, -0.05) is 37.9 Å². The van der Waals surface area contributed by atoms with Crippen molar-refractivity contribution in [2.24, 2.45) is 0 Å². The van der Waals surface area contributed by atoms with Gasteiger partial charge in [0.1, 0.15) is 0 Å². The van der Waals surface area contributed by atoms with Gasteiger partial charge >= 0.3 is 5.97 Å². The Labute approximate surface area is 91.6 Å². The predicted molar refractivity (Wildman–Crippen MR) is 54.4 cm³/mol. The molecule has 0 aliphatic rings. The smallest absolute Gasteiger partial charge is 0.337 e. The van der Waals surface area contributed by atoms with E-state index in [4.69, 9.17) is 5.11 Å². The van der Waals surface area contributed by atoms with E-state index in [1.807, 2.05) is 0 Å². The summed E-state index contributed by atoms with van der Waals surface area (Å²) in [5, 5.41) is 17.8. The monoisotopic (exact) mass is 308 g/mol. The van der Waals surface area contributed by atoms with E-state index in [2.05, 4.69) is 31.9 Å². The number of aliphatic hydroxyl groups is 1. The molecule has 1 rings (SSSR count). The summed E-state index contributed by atoms with van der Waals surface area (Å²) in [7, 11) is 0. The molecule has 0 aromatic heterocycles. The minimum Gasteiger partial charge on any atom is -0.479 e. The fourth-order valence-electron chi connectivity index (χ4n) is 0.856. The first-order chi connectivity index (χ1) is 6.02. The normalized spacial score (nSPS) is 12.5. The fourth-order valence-corrected chi connectivity index (χ4v) is 2.12. The molecule has 3 nitrogen and oxygen atoms in total. The third kappa shape index (κ3) is 2.52. The Bertz CT molecular complexity index is 338. The Hall–Kier alpha value is -0.390. The van der Waals surface area contributed by atoms with Gasteiger partial charge in [0, 0.05) is 14.5 Å². The quantitative estimate of drug-likeness (QED) is 0.881. The number of aliphatic hydroxyl groups excluding tert-OH is 1. The van der Waals surface area contributed by atoms with Crippen LogP contribution in [0, 0.1) is 0 Å². The molecule has 0 saturated carbocycles. The molecule has 0 fully saturated rings. The number of halogens is 2. The average molecular weight is 310 g/mol. The van der Waals surface area contributed by atoms with Crippen molar-refractivity contribution in [1.82, 2.24) is 0 Å². The summed E-state index contributed by atoms with van der Waals surface area (Å²) in [4.78, 5) is 10.5. The van der Waals surface area contributed by atoms with Gasteiger partial charge in [0.2, 0.25) is 0 Å². The summed E-state index contributed by atoms with van der Waals surface area (Å²) >= 11 is 6.39. The van der Waals surface area contributed by atoms with Crippen LogP contribution >= 0.6 is 31.9 Å². The molecule has 0 bridgehead atoms. The summed E-state index contributed by atoms with van der Waals surface area (Å²) in [5.41, 5.74) is 0.343. The van der Waals surface area contributed by atoms with Crippen LogP contribution in [0.15, 0.2) is 27.1 Å². The number of hydrogen-bond acceptors (Lipinski definition) is 2. The van der Waals surface area contributed by atoms with Crippen molar-refractivity contribution in [2.75, 3.05) is 0 Å². The third-order valence-electron chi connectivity index (χ3n) is 1.49. The number of carboxylic acids is 1. The van der Waals surface area contributed by atoms with Crippen molar-refractivity contribution < 1.29 is 15.0 Å². The van der Waals surface area contributed by atoms with Crippen LogP contribution in [0.25, 0.3) is 0 Å². The molecule has 2 N–H and O–H groups in total. The van der Waals surface area contributed by atoms with E-state index >= 15 is 0 Å². The van der Waals surface area contributed by atoms with Crippen LogP contribution in [0.5, 0.6) is 0 Å². The predicted octanol–water partition coefficient (Wildman–Crippen LogP) is 2.33. The maximum atomic E-state index is 10.5. The number of carboxylic acid groups (broad SMARTS) is 1. The fraction of sp³-hybridized carbons (Fsp3) is 0.125. The van der Waals surface area contributed by atoms with E-state index in [1.54, 1.807) is 18.2 Å². The molecule has 0 radical (unpaired) electrons. The zero-order valence-electron chi connectivity index (χ0n) is 6.37. The van der Waals surface area contributed by atoms with Gasteiger partial charge in [0.05, 0.1) is 0 Å². The summed E-state index contributed by atoms with van der Waals surface area (Å²) in [5.74, 6) is -1.26. The second kappa shape index (κ2) is 4.21. The third-order valence-corrected chi connectivity index (χ3v) is 2.67. The van der Waals surface area contributed by atoms with E-state index in [-0.39, 0.29) is 0 Å². The highest BCUT2D eigenvalue weighted by molar-refractivity contribution is 9.11. The number of rotatable bonds is 2. The van der Waals surface area contributed by atoms with Gasteiger partial charge < -0.3 is 10.2 Å². The molecule has 0 aliphatic heterocycles. The molecule has 0 spiro atoms. The van der Waals surface area contributed by atoms with Gasteiger partial charge in [0.15, 0.2) is 6.10 Å². The lowest BCUT2D eigenvalue weighted by Crippen LogP contribution is -2.10. The maximum absolute atomic E-state index is 10.5. The van der Waals surface area contributed by atoms with Crippen LogP contribution in [0.4, 0.5) is 0 Å². The average Bonchev–Trinajstić information content (AvgIpc) is 2.03. The molecule has 0 amide bonds. The Kier molecular flexibility index (Phi) is 3.47. The van der Waals surface area contributed by atoms with E-state index in [0.717, 1.165) is 4.47 Å². The molecule has 13 heavy (non-hydrogen) atoms. The van der Waals surface area contributed by atoms with E-state index < -0.39 is 12.1 Å². The highest BCUT2D eigenvalue weighted by Crippen LogP contribution is 2.26. The van der Waals surface area contributed by atoms with E-state index in [1.165, 1.54) is 0 Å². The lowest BCUT2D eigenvalue weighted by atomic mass is 10.1. The number of benzene rings is 1. The second-order valence-electron chi connectivity index (χ2n) is 2.41. The minimum atomic E-state index is -1.48. The van der Waals surface area contributed by atoms with Crippen LogP contribution < -0.4 is 0 Å². The molecule has 5 heteroatoms. The summed E-state index contributed by atoms with van der Waals surface area (Å²) in [6, 6.07) is 4.90. The maximum Gasteiger partial charge on any atom is 0.337 e. The van der Waals surface area contributed by atoms with Crippen LogP contribution in [0.3, 0.4) is 0 Å². The highest BCUT2D eigenvalue weighted by Gasteiger charge is 2.18. The van der Waals surface area contributed by atoms with Crippen LogP contribution in [0.1, 0.15) is 11.7 Å². The molecule has 1 atom stereocenters. The van der Waals surface area contributed by atoms with Gasteiger partial charge in [-0.25, -0.2) is 4.79 Å². The van der Waals surface area contributed by atoms with Gasteiger partial charge in [-0.15, -0.1) is 0 Å². The first kappa shape index (κ1) is 10.7. The Morgan fingerprint density at radius 1 is 1.38 bits per heavy atom. The van der Waals surface area contributed by atoms with Gasteiger partial charge in [0.25, 0.3) is 0 Å². The first-order valence-electron chi connectivity index (χ1n) is 3.38. The van der Waals surface area contributed by atoms with Crippen molar-refractivity contribution in [2.45, 2.75) is 6.10 Å². The topological polar surface area (TPSA) is 57.5 Å². The van der Waals surface area contributed by atoms with Crippen molar-refractivity contribution in [1.29, 1.82) is 0 Å². The lowest BCUT2D eigenvalue weighted by Gasteiger charge is -2.07.